The van der Waals surface area contributed by atoms with Crippen molar-refractivity contribution in [3.63, 3.8) is 0 Å². The second kappa shape index (κ2) is 7.83. The fourth-order valence-electron chi connectivity index (χ4n) is 5.71. The summed E-state index contributed by atoms with van der Waals surface area (Å²) in [6.07, 6.45) is 10.2. The Hall–Kier alpha value is -2.03. The van der Waals surface area contributed by atoms with Crippen LogP contribution in [-0.4, -0.2) is 82.0 Å². The molecular formula is C23H33N7O. The normalized spacial score (nSPS) is 27.2. The molecule has 0 aromatic carbocycles. The summed E-state index contributed by atoms with van der Waals surface area (Å²) in [6.45, 7) is 9.78. The van der Waals surface area contributed by atoms with Crippen molar-refractivity contribution in [1.82, 2.24) is 29.5 Å². The molecule has 0 N–H and O–H groups in total. The molecule has 4 aliphatic rings. The number of anilines is 1. The van der Waals surface area contributed by atoms with Crippen molar-refractivity contribution in [2.75, 3.05) is 57.4 Å². The molecule has 2 aromatic heterocycles. The minimum absolute atomic E-state index is 0.106. The van der Waals surface area contributed by atoms with Gasteiger partial charge in [0.2, 0.25) is 5.95 Å². The lowest BCUT2D eigenvalue weighted by Crippen LogP contribution is -2.48. The van der Waals surface area contributed by atoms with Gasteiger partial charge < -0.3 is 14.5 Å². The third-order valence-electron chi connectivity index (χ3n) is 7.38. The molecule has 2 saturated heterocycles. The molecule has 1 unspecified atom stereocenters. The van der Waals surface area contributed by atoms with E-state index in [4.69, 9.17) is 14.7 Å². The van der Waals surface area contributed by atoms with Gasteiger partial charge in [-0.3, -0.25) is 9.58 Å². The first-order valence-corrected chi connectivity index (χ1v) is 11.8. The number of morpholine rings is 1. The molecule has 0 amide bonds. The second-order valence-electron chi connectivity index (χ2n) is 10.0. The third-order valence-corrected chi connectivity index (χ3v) is 7.38. The van der Waals surface area contributed by atoms with E-state index in [1.165, 1.54) is 49.2 Å². The zero-order valence-corrected chi connectivity index (χ0v) is 18.5. The number of likely N-dealkylation sites (tertiary alicyclic amines) is 1. The summed E-state index contributed by atoms with van der Waals surface area (Å²) in [5.74, 6) is 1.82. The van der Waals surface area contributed by atoms with E-state index >= 15 is 0 Å². The second-order valence-corrected chi connectivity index (χ2v) is 10.0. The minimum atomic E-state index is 0.106. The lowest BCUT2D eigenvalue weighted by atomic mass is 9.78. The van der Waals surface area contributed by atoms with Crippen molar-refractivity contribution >= 4 is 5.95 Å². The first-order chi connectivity index (χ1) is 15.2. The summed E-state index contributed by atoms with van der Waals surface area (Å²) in [4.78, 5) is 17.6. The van der Waals surface area contributed by atoms with Gasteiger partial charge in [-0.05, 0) is 31.7 Å². The van der Waals surface area contributed by atoms with Crippen LogP contribution in [0.4, 0.5) is 5.95 Å². The van der Waals surface area contributed by atoms with Crippen LogP contribution in [-0.2, 0) is 30.3 Å². The van der Waals surface area contributed by atoms with Gasteiger partial charge in [0.25, 0.3) is 0 Å². The maximum Gasteiger partial charge on any atom is 0.225 e. The smallest absolute Gasteiger partial charge is 0.225 e. The van der Waals surface area contributed by atoms with Gasteiger partial charge in [-0.15, -0.1) is 0 Å². The molecule has 3 fully saturated rings. The number of nitrogens with zero attached hydrogens (tertiary/aromatic N) is 7. The molecule has 2 aromatic rings. The fourth-order valence-corrected chi connectivity index (χ4v) is 5.71. The molecule has 31 heavy (non-hydrogen) atoms. The molecule has 1 spiro atoms. The maximum absolute atomic E-state index is 5.54. The number of aryl methyl sites for hydroxylation is 1. The van der Waals surface area contributed by atoms with Crippen LogP contribution in [0.3, 0.4) is 0 Å². The first-order valence-electron chi connectivity index (χ1n) is 11.8. The summed E-state index contributed by atoms with van der Waals surface area (Å²) in [7, 11) is 1.99. The van der Waals surface area contributed by atoms with Gasteiger partial charge in [0.05, 0.1) is 25.1 Å². The van der Waals surface area contributed by atoms with E-state index in [2.05, 4.69) is 32.2 Å². The van der Waals surface area contributed by atoms with Crippen LogP contribution in [0.25, 0.3) is 0 Å². The molecule has 1 saturated carbocycles. The van der Waals surface area contributed by atoms with Crippen LogP contribution in [0.1, 0.15) is 36.1 Å². The zero-order valence-electron chi connectivity index (χ0n) is 18.5. The molecule has 1 aliphatic carbocycles. The highest BCUT2D eigenvalue weighted by Gasteiger charge is 2.47. The van der Waals surface area contributed by atoms with Crippen molar-refractivity contribution < 1.29 is 4.74 Å². The Labute approximate surface area is 184 Å². The summed E-state index contributed by atoms with van der Waals surface area (Å²) in [5.41, 5.74) is 4.00. The number of hydrogen-bond acceptors (Lipinski definition) is 7. The van der Waals surface area contributed by atoms with Gasteiger partial charge in [-0.25, -0.2) is 9.97 Å². The molecule has 0 bridgehead atoms. The van der Waals surface area contributed by atoms with Gasteiger partial charge in [0.15, 0.2) is 0 Å². The van der Waals surface area contributed by atoms with E-state index in [1.807, 2.05) is 17.9 Å². The predicted molar refractivity (Wildman–Crippen MR) is 118 cm³/mol. The van der Waals surface area contributed by atoms with Crippen molar-refractivity contribution in [2.24, 2.45) is 13.0 Å². The van der Waals surface area contributed by atoms with E-state index in [-0.39, 0.29) is 5.41 Å². The quantitative estimate of drug-likeness (QED) is 0.721. The summed E-state index contributed by atoms with van der Waals surface area (Å²) >= 11 is 0. The topological polar surface area (TPSA) is 62.6 Å². The van der Waals surface area contributed by atoms with Gasteiger partial charge in [-0.2, -0.15) is 5.10 Å². The SMILES string of the molecule is Cn1cc(CN2Cc3cnc(N4CCOCC4)nc3C3(CCN(CC4CC4)C3)C2)cn1. The monoisotopic (exact) mass is 423 g/mol. The van der Waals surface area contributed by atoms with Crippen LogP contribution in [0.2, 0.25) is 0 Å². The average Bonchev–Trinajstić information content (AvgIpc) is 3.38. The molecule has 1 atom stereocenters. The molecule has 6 rings (SSSR count). The predicted octanol–water partition coefficient (Wildman–Crippen LogP) is 1.42. The van der Waals surface area contributed by atoms with E-state index in [0.29, 0.717) is 0 Å². The summed E-state index contributed by atoms with van der Waals surface area (Å²) < 4.78 is 7.44. The van der Waals surface area contributed by atoms with E-state index in [9.17, 15) is 0 Å². The Kier molecular flexibility index (Phi) is 4.96. The van der Waals surface area contributed by atoms with Crippen molar-refractivity contribution in [1.29, 1.82) is 0 Å². The van der Waals surface area contributed by atoms with Crippen molar-refractivity contribution in [3.8, 4) is 0 Å². The Morgan fingerprint density at radius 3 is 2.71 bits per heavy atom. The first kappa shape index (κ1) is 19.6. The van der Waals surface area contributed by atoms with Gasteiger partial charge >= 0.3 is 0 Å². The average molecular weight is 424 g/mol. The summed E-state index contributed by atoms with van der Waals surface area (Å²) in [5, 5.41) is 4.37. The van der Waals surface area contributed by atoms with Crippen LogP contribution >= 0.6 is 0 Å². The third kappa shape index (κ3) is 3.97. The number of rotatable bonds is 5. The van der Waals surface area contributed by atoms with Crippen LogP contribution < -0.4 is 4.90 Å². The number of ether oxygens (including phenoxy) is 1. The largest absolute Gasteiger partial charge is 0.378 e. The molecule has 8 heteroatoms. The van der Waals surface area contributed by atoms with E-state index in [0.717, 1.165) is 64.3 Å². The number of hydrogen-bond donors (Lipinski definition) is 0. The number of fused-ring (bicyclic) bond motifs is 2. The molecule has 8 nitrogen and oxygen atoms in total. The van der Waals surface area contributed by atoms with Crippen LogP contribution in [0, 0.1) is 5.92 Å². The molecule has 166 valence electrons. The van der Waals surface area contributed by atoms with Gasteiger partial charge in [-0.1, -0.05) is 0 Å². The lowest BCUT2D eigenvalue weighted by Gasteiger charge is -2.41. The fraction of sp³-hybridized carbons (Fsp3) is 0.696. The molecule has 0 radical (unpaired) electrons. The maximum atomic E-state index is 5.54. The number of aromatic nitrogens is 4. The standard InChI is InChI=1S/C23H33N7O/c1-27-12-19(10-25-27)14-29-15-20-11-24-22(30-6-8-31-9-7-30)26-21(20)23(17-29)4-5-28(16-23)13-18-2-3-18/h10-12,18H,2-9,13-17H2,1H3. The van der Waals surface area contributed by atoms with E-state index < -0.39 is 0 Å². The van der Waals surface area contributed by atoms with Crippen LogP contribution in [0.15, 0.2) is 18.6 Å². The Bertz CT molecular complexity index is 936. The Balaban J connectivity index is 1.30. The van der Waals surface area contributed by atoms with Gasteiger partial charge in [0, 0.05) is 81.8 Å². The van der Waals surface area contributed by atoms with Crippen LogP contribution in [0.5, 0.6) is 0 Å². The van der Waals surface area contributed by atoms with Crippen molar-refractivity contribution in [2.45, 2.75) is 37.8 Å². The molecular weight excluding hydrogens is 390 g/mol. The van der Waals surface area contributed by atoms with Crippen molar-refractivity contribution in [3.05, 3.63) is 35.4 Å². The molecule has 5 heterocycles. The Morgan fingerprint density at radius 1 is 1.10 bits per heavy atom. The highest BCUT2D eigenvalue weighted by molar-refractivity contribution is 5.39. The lowest BCUT2D eigenvalue weighted by molar-refractivity contribution is 0.121. The highest BCUT2D eigenvalue weighted by Crippen LogP contribution is 2.42. The van der Waals surface area contributed by atoms with E-state index in [1.54, 1.807) is 0 Å². The minimum Gasteiger partial charge on any atom is -0.378 e. The summed E-state index contributed by atoms with van der Waals surface area (Å²) in [6, 6.07) is 0. The van der Waals surface area contributed by atoms with Gasteiger partial charge in [0.1, 0.15) is 0 Å². The highest BCUT2D eigenvalue weighted by atomic mass is 16.5. The molecule has 3 aliphatic heterocycles. The Morgan fingerprint density at radius 2 is 1.94 bits per heavy atom. The zero-order chi connectivity index (χ0) is 20.8.